The fourth-order valence-corrected chi connectivity index (χ4v) is 0.763. The first-order valence-electron chi connectivity index (χ1n) is 3.89. The number of rotatable bonds is 4. The van der Waals surface area contributed by atoms with Crippen LogP contribution in [0.5, 0.6) is 0 Å². The fourth-order valence-electron chi connectivity index (χ4n) is 0.763. The molecule has 0 aromatic heterocycles. The molecule has 0 unspecified atom stereocenters. The lowest BCUT2D eigenvalue weighted by atomic mass is 10.1. The molecule has 8 heteroatoms. The summed E-state index contributed by atoms with van der Waals surface area (Å²) in [6.07, 6.45) is -8.59. The van der Waals surface area contributed by atoms with Crippen LogP contribution in [0.1, 0.15) is 0 Å². The van der Waals surface area contributed by atoms with Crippen molar-refractivity contribution in [1.82, 2.24) is 4.90 Å². The van der Waals surface area contributed by atoms with Crippen LogP contribution in [-0.2, 0) is 9.59 Å². The quantitative estimate of drug-likeness (QED) is 0.325. The van der Waals surface area contributed by atoms with Crippen molar-refractivity contribution in [2.24, 2.45) is 0 Å². The second-order valence-electron chi connectivity index (χ2n) is 3.00. The van der Waals surface area contributed by atoms with Gasteiger partial charge < -0.3 is 4.90 Å². The molecule has 0 bridgehead atoms. The molecule has 0 heterocycles. The van der Waals surface area contributed by atoms with Gasteiger partial charge in [-0.3, -0.25) is 9.59 Å². The van der Waals surface area contributed by atoms with Crippen molar-refractivity contribution < 1.29 is 31.5 Å². The van der Waals surface area contributed by atoms with E-state index in [4.69, 9.17) is 0 Å². The molecular weight excluding hydrogens is 237 g/mol. The van der Waals surface area contributed by atoms with Gasteiger partial charge in [-0.25, -0.2) is 8.78 Å². The Hall–Kier alpha value is -1.47. The highest BCUT2D eigenvalue weighted by Crippen LogP contribution is 2.22. The zero-order chi connectivity index (χ0) is 13.1. The Morgan fingerprint density at radius 2 is 1.62 bits per heavy atom. The van der Waals surface area contributed by atoms with E-state index >= 15 is 0 Å². The summed E-state index contributed by atoms with van der Waals surface area (Å²) in [5.41, 5.74) is -1.58. The summed E-state index contributed by atoms with van der Waals surface area (Å²) in [6.45, 7) is 0. The minimum Gasteiger partial charge on any atom is -0.383 e. The van der Waals surface area contributed by atoms with E-state index in [2.05, 4.69) is 0 Å². The van der Waals surface area contributed by atoms with Crippen LogP contribution in [0, 0.1) is 0 Å². The Kier molecular flexibility index (Phi) is 4.58. The molecule has 0 N–H and O–H groups in total. The van der Waals surface area contributed by atoms with E-state index in [0.29, 0.717) is 6.20 Å². The van der Waals surface area contributed by atoms with E-state index in [0.717, 1.165) is 4.90 Å². The molecule has 0 aliphatic rings. The van der Waals surface area contributed by atoms with Crippen molar-refractivity contribution >= 4 is 11.6 Å². The van der Waals surface area contributed by atoms with Gasteiger partial charge in [-0.15, -0.1) is 0 Å². The van der Waals surface area contributed by atoms with Gasteiger partial charge in [0.25, 0.3) is 5.78 Å². The van der Waals surface area contributed by atoms with Gasteiger partial charge in [0, 0.05) is 20.3 Å². The van der Waals surface area contributed by atoms with Crippen LogP contribution < -0.4 is 0 Å². The topological polar surface area (TPSA) is 37.4 Å². The summed E-state index contributed by atoms with van der Waals surface area (Å²) in [6, 6.07) is 0. The third kappa shape index (κ3) is 3.95. The van der Waals surface area contributed by atoms with Crippen LogP contribution in [0.25, 0.3) is 0 Å². The Bertz CT molecular complexity index is 319. The number of ketones is 2. The molecular formula is C8H8F5NO2. The molecule has 16 heavy (non-hydrogen) atoms. The summed E-state index contributed by atoms with van der Waals surface area (Å²) in [5.74, 6) is -4.72. The van der Waals surface area contributed by atoms with Crippen LogP contribution in [0.2, 0.25) is 0 Å². The molecule has 0 saturated heterocycles. The predicted octanol–water partition coefficient (Wildman–Crippen LogP) is 1.40. The van der Waals surface area contributed by atoms with Gasteiger partial charge in [0.1, 0.15) is 0 Å². The van der Waals surface area contributed by atoms with Gasteiger partial charge in [0.05, 0.1) is 5.57 Å². The zero-order valence-corrected chi connectivity index (χ0v) is 8.31. The van der Waals surface area contributed by atoms with Crippen molar-refractivity contribution in [3.8, 4) is 0 Å². The largest absolute Gasteiger partial charge is 0.455 e. The molecule has 0 aromatic carbocycles. The molecule has 3 nitrogen and oxygen atoms in total. The molecule has 0 aliphatic carbocycles. The van der Waals surface area contributed by atoms with Gasteiger partial charge in [-0.05, 0) is 0 Å². The molecule has 0 amide bonds. The van der Waals surface area contributed by atoms with E-state index in [9.17, 15) is 31.5 Å². The summed E-state index contributed by atoms with van der Waals surface area (Å²) >= 11 is 0. The van der Waals surface area contributed by atoms with Crippen molar-refractivity contribution in [1.29, 1.82) is 0 Å². The van der Waals surface area contributed by atoms with Gasteiger partial charge in [-0.2, -0.15) is 13.2 Å². The Labute approximate surface area is 87.5 Å². The summed E-state index contributed by atoms with van der Waals surface area (Å²) in [4.78, 5) is 22.3. The molecule has 0 spiro atoms. The molecule has 0 aliphatic heterocycles. The number of carbonyl (C=O) groups excluding carboxylic acids is 2. The van der Waals surface area contributed by atoms with Gasteiger partial charge in [0.2, 0.25) is 5.78 Å². The number of hydrogen-bond donors (Lipinski definition) is 0. The average Bonchev–Trinajstić information content (AvgIpc) is 2.09. The second-order valence-corrected chi connectivity index (χ2v) is 3.00. The second kappa shape index (κ2) is 5.04. The Balaban J connectivity index is 5.29. The predicted molar refractivity (Wildman–Crippen MR) is 43.8 cm³/mol. The first kappa shape index (κ1) is 14.5. The highest BCUT2D eigenvalue weighted by Gasteiger charge is 2.44. The number of carbonyl (C=O) groups is 2. The van der Waals surface area contributed by atoms with E-state index in [1.165, 1.54) is 14.1 Å². The molecule has 0 fully saturated rings. The van der Waals surface area contributed by atoms with E-state index in [1.54, 1.807) is 0 Å². The smallest absolute Gasteiger partial charge is 0.383 e. The van der Waals surface area contributed by atoms with E-state index in [-0.39, 0.29) is 0 Å². The molecule has 0 rings (SSSR count). The Morgan fingerprint density at radius 3 is 1.88 bits per heavy atom. The lowest BCUT2D eigenvalue weighted by Crippen LogP contribution is -2.31. The van der Waals surface area contributed by atoms with Crippen LogP contribution in [0.15, 0.2) is 11.8 Å². The van der Waals surface area contributed by atoms with Crippen LogP contribution in [-0.4, -0.2) is 43.2 Å². The highest BCUT2D eigenvalue weighted by atomic mass is 19.4. The van der Waals surface area contributed by atoms with E-state index < -0.39 is 29.7 Å². The minimum atomic E-state index is -5.35. The molecule has 92 valence electrons. The van der Waals surface area contributed by atoms with Crippen molar-refractivity contribution in [2.45, 2.75) is 12.6 Å². The van der Waals surface area contributed by atoms with Crippen molar-refractivity contribution in [3.63, 3.8) is 0 Å². The maximum atomic E-state index is 12.0. The highest BCUT2D eigenvalue weighted by molar-refractivity contribution is 6.22. The van der Waals surface area contributed by atoms with Crippen LogP contribution in [0.3, 0.4) is 0 Å². The first-order valence-corrected chi connectivity index (χ1v) is 3.89. The number of Topliss-reactive ketones (excluding diaryl/α,β-unsaturated/α-hetero) is 2. The zero-order valence-electron chi connectivity index (χ0n) is 8.31. The number of allylic oxidation sites excluding steroid dienone is 1. The average molecular weight is 245 g/mol. The number of nitrogens with zero attached hydrogens (tertiary/aromatic N) is 1. The molecule has 0 saturated carbocycles. The standard InChI is InChI=1S/C8H8F5NO2/c1-14(2)3-4(5(15)7(9)10)6(16)8(11,12)13/h3,7H,1-2H3/b4-3-. The number of halogens is 5. The molecule has 0 radical (unpaired) electrons. The van der Waals surface area contributed by atoms with Crippen molar-refractivity contribution in [2.75, 3.05) is 14.1 Å². The van der Waals surface area contributed by atoms with Crippen LogP contribution in [0.4, 0.5) is 22.0 Å². The first-order chi connectivity index (χ1) is 7.07. The Morgan fingerprint density at radius 1 is 1.19 bits per heavy atom. The summed E-state index contributed by atoms with van der Waals surface area (Å²) < 4.78 is 59.8. The minimum absolute atomic E-state index is 0.421. The van der Waals surface area contributed by atoms with Gasteiger partial charge >= 0.3 is 12.6 Å². The SMILES string of the molecule is CN(C)/C=C(/C(=O)C(F)F)C(=O)C(F)(F)F. The lowest BCUT2D eigenvalue weighted by Gasteiger charge is -2.11. The summed E-state index contributed by atoms with van der Waals surface area (Å²) in [5, 5.41) is 0. The third-order valence-electron chi connectivity index (χ3n) is 1.35. The monoisotopic (exact) mass is 245 g/mol. The van der Waals surface area contributed by atoms with Gasteiger partial charge in [-0.1, -0.05) is 0 Å². The van der Waals surface area contributed by atoms with Crippen LogP contribution >= 0.6 is 0 Å². The maximum Gasteiger partial charge on any atom is 0.455 e. The van der Waals surface area contributed by atoms with E-state index in [1.807, 2.05) is 0 Å². The maximum absolute atomic E-state index is 12.0. The molecule has 0 atom stereocenters. The van der Waals surface area contributed by atoms with Gasteiger partial charge in [0.15, 0.2) is 0 Å². The molecule has 0 aromatic rings. The number of alkyl halides is 5. The fraction of sp³-hybridized carbons (Fsp3) is 0.500. The summed E-state index contributed by atoms with van der Waals surface area (Å²) in [7, 11) is 2.39. The van der Waals surface area contributed by atoms with Crippen molar-refractivity contribution in [3.05, 3.63) is 11.8 Å². The lowest BCUT2D eigenvalue weighted by molar-refractivity contribution is -0.167. The number of hydrogen-bond acceptors (Lipinski definition) is 3. The normalized spacial score (nSPS) is 12.9. The third-order valence-corrected chi connectivity index (χ3v) is 1.35.